The van der Waals surface area contributed by atoms with E-state index < -0.39 is 8.32 Å². The minimum atomic E-state index is -2.72. The van der Waals surface area contributed by atoms with Crippen LogP contribution in [0.1, 0.15) is 71.9 Å². The zero-order chi connectivity index (χ0) is 29.8. The molecule has 1 N–H and O–H groups in total. The molecule has 0 heterocycles. The molecule has 2 nitrogen and oxygen atoms in total. The Morgan fingerprint density at radius 1 is 0.690 bits per heavy atom. The molecule has 42 heavy (non-hydrogen) atoms. The Morgan fingerprint density at radius 2 is 1.21 bits per heavy atom. The molecule has 4 aromatic rings. The SMILES string of the molecule is CC(C)(C)c1ccc(SC2=C(c3ccccc3)C(NO[Si](c3ccccc3)(c3ccccc3)C(C)(C)C)CCC2)cc1. The van der Waals surface area contributed by atoms with E-state index in [1.165, 1.54) is 36.9 Å². The van der Waals surface area contributed by atoms with Gasteiger partial charge in [0, 0.05) is 4.90 Å². The predicted molar refractivity (Wildman–Crippen MR) is 184 cm³/mol. The highest BCUT2D eigenvalue weighted by Crippen LogP contribution is 2.43. The van der Waals surface area contributed by atoms with Crippen LogP contribution in [0.2, 0.25) is 5.04 Å². The minimum Gasteiger partial charge on any atom is -0.333 e. The fourth-order valence-electron chi connectivity index (χ4n) is 6.12. The quantitative estimate of drug-likeness (QED) is 0.163. The van der Waals surface area contributed by atoms with E-state index in [2.05, 4.69) is 162 Å². The van der Waals surface area contributed by atoms with Gasteiger partial charge in [-0.15, -0.1) is 0 Å². The summed E-state index contributed by atoms with van der Waals surface area (Å²) in [6.07, 6.45) is 3.24. The van der Waals surface area contributed by atoms with Crippen molar-refractivity contribution in [3.05, 3.63) is 131 Å². The molecule has 4 heteroatoms. The van der Waals surface area contributed by atoms with Gasteiger partial charge in [-0.25, -0.2) is 5.48 Å². The number of nitrogens with one attached hydrogen (secondary N) is 1. The molecule has 0 fully saturated rings. The first-order chi connectivity index (χ1) is 20.1. The van der Waals surface area contributed by atoms with Crippen LogP contribution in [0.15, 0.2) is 125 Å². The summed E-state index contributed by atoms with van der Waals surface area (Å²) in [5.41, 5.74) is 7.90. The zero-order valence-electron chi connectivity index (χ0n) is 26.0. The first-order valence-electron chi connectivity index (χ1n) is 15.2. The average Bonchev–Trinajstić information content (AvgIpc) is 2.98. The second kappa shape index (κ2) is 12.8. The maximum atomic E-state index is 7.25. The first kappa shape index (κ1) is 30.6. The van der Waals surface area contributed by atoms with Crippen LogP contribution in [-0.4, -0.2) is 14.4 Å². The molecule has 1 aliphatic carbocycles. The molecule has 1 aliphatic rings. The topological polar surface area (TPSA) is 21.3 Å². The number of allylic oxidation sites excluding steroid dienone is 1. The second-order valence-corrected chi connectivity index (χ2v) is 18.8. The highest BCUT2D eigenvalue weighted by atomic mass is 32.2. The van der Waals surface area contributed by atoms with Crippen molar-refractivity contribution in [3.63, 3.8) is 0 Å². The summed E-state index contributed by atoms with van der Waals surface area (Å²) in [5.74, 6) is 0. The van der Waals surface area contributed by atoms with Gasteiger partial charge in [-0.3, -0.25) is 0 Å². The van der Waals surface area contributed by atoms with Crippen molar-refractivity contribution in [2.24, 2.45) is 0 Å². The molecule has 0 aromatic heterocycles. The Balaban J connectivity index is 1.54. The highest BCUT2D eigenvalue weighted by molar-refractivity contribution is 8.03. The molecule has 0 amide bonds. The third-order valence-electron chi connectivity index (χ3n) is 8.36. The van der Waals surface area contributed by atoms with Crippen LogP contribution in [0.4, 0.5) is 0 Å². The summed E-state index contributed by atoms with van der Waals surface area (Å²) in [5, 5.41) is 2.47. The second-order valence-electron chi connectivity index (χ2n) is 13.4. The van der Waals surface area contributed by atoms with Gasteiger partial charge in [0.15, 0.2) is 0 Å². The smallest absolute Gasteiger partial charge is 0.287 e. The molecule has 0 bridgehead atoms. The van der Waals surface area contributed by atoms with E-state index in [9.17, 15) is 0 Å². The van der Waals surface area contributed by atoms with Crippen molar-refractivity contribution >= 4 is 36.0 Å². The molecule has 1 atom stereocenters. The number of rotatable bonds is 8. The third-order valence-corrected chi connectivity index (χ3v) is 14.4. The van der Waals surface area contributed by atoms with Crippen LogP contribution in [0, 0.1) is 0 Å². The zero-order valence-corrected chi connectivity index (χ0v) is 27.8. The van der Waals surface area contributed by atoms with Gasteiger partial charge in [-0.2, -0.15) is 0 Å². The van der Waals surface area contributed by atoms with Gasteiger partial charge in [0.25, 0.3) is 8.32 Å². The lowest BCUT2D eigenvalue weighted by atomic mass is 9.87. The van der Waals surface area contributed by atoms with Crippen molar-refractivity contribution in [3.8, 4) is 0 Å². The summed E-state index contributed by atoms with van der Waals surface area (Å²) >= 11 is 1.92. The molecule has 5 rings (SSSR count). The number of hydroxylamine groups is 1. The van der Waals surface area contributed by atoms with Crippen molar-refractivity contribution < 1.29 is 4.53 Å². The minimum absolute atomic E-state index is 0.0964. The number of hydrogen-bond donors (Lipinski definition) is 1. The Morgan fingerprint density at radius 3 is 1.71 bits per heavy atom. The van der Waals surface area contributed by atoms with Crippen molar-refractivity contribution in [1.29, 1.82) is 0 Å². The Bertz CT molecular complexity index is 1430. The Hall–Kier alpha value is -2.89. The van der Waals surface area contributed by atoms with Gasteiger partial charge >= 0.3 is 0 Å². The van der Waals surface area contributed by atoms with Crippen LogP contribution in [-0.2, 0) is 9.94 Å². The van der Waals surface area contributed by atoms with Crippen LogP contribution >= 0.6 is 11.8 Å². The monoisotopic (exact) mass is 591 g/mol. The summed E-state index contributed by atoms with van der Waals surface area (Å²) in [6, 6.07) is 41.9. The first-order valence-corrected chi connectivity index (χ1v) is 17.9. The van der Waals surface area contributed by atoms with Crippen LogP contribution in [0.25, 0.3) is 5.57 Å². The fraction of sp³-hybridized carbons (Fsp3) is 0.316. The lowest BCUT2D eigenvalue weighted by molar-refractivity contribution is 0.155. The van der Waals surface area contributed by atoms with Gasteiger partial charge < -0.3 is 4.53 Å². The molecule has 0 radical (unpaired) electrons. The van der Waals surface area contributed by atoms with Gasteiger partial charge in [0.2, 0.25) is 0 Å². The van der Waals surface area contributed by atoms with Crippen LogP contribution in [0.3, 0.4) is 0 Å². The van der Waals surface area contributed by atoms with Crippen LogP contribution < -0.4 is 15.9 Å². The normalized spacial score (nSPS) is 16.5. The molecule has 0 saturated carbocycles. The largest absolute Gasteiger partial charge is 0.333 e. The molecule has 4 aromatic carbocycles. The predicted octanol–water partition coefficient (Wildman–Crippen LogP) is 9.12. The van der Waals surface area contributed by atoms with E-state index >= 15 is 0 Å². The van der Waals surface area contributed by atoms with Crippen LogP contribution in [0.5, 0.6) is 0 Å². The molecule has 0 spiro atoms. The molecule has 0 saturated heterocycles. The third kappa shape index (κ3) is 6.52. The maximum Gasteiger partial charge on any atom is 0.287 e. The summed E-state index contributed by atoms with van der Waals surface area (Å²) in [6.45, 7) is 13.8. The van der Waals surface area contributed by atoms with Crippen molar-refractivity contribution in [1.82, 2.24) is 5.48 Å². The maximum absolute atomic E-state index is 7.25. The standard InChI is InChI=1S/C38H45NOSSi/c1-37(2,3)30-25-27-31(28-26-30)41-35-24-16-23-34(36(35)29-17-10-7-11-18-29)39-40-42(38(4,5)6,32-19-12-8-13-20-32)33-21-14-9-15-22-33/h7-15,17-22,25-28,34,39H,16,23-24H2,1-6H3. The average molecular weight is 592 g/mol. The van der Waals surface area contributed by atoms with Crippen molar-refractivity contribution in [2.75, 3.05) is 0 Å². The van der Waals surface area contributed by atoms with Gasteiger partial charge in [0.05, 0.1) is 6.04 Å². The summed E-state index contributed by atoms with van der Waals surface area (Å²) in [4.78, 5) is 2.72. The summed E-state index contributed by atoms with van der Waals surface area (Å²) < 4.78 is 7.25. The van der Waals surface area contributed by atoms with E-state index in [4.69, 9.17) is 4.53 Å². The van der Waals surface area contributed by atoms with E-state index in [-0.39, 0.29) is 16.5 Å². The molecule has 218 valence electrons. The van der Waals surface area contributed by atoms with E-state index in [0.717, 1.165) is 19.3 Å². The van der Waals surface area contributed by atoms with Gasteiger partial charge in [0.1, 0.15) is 0 Å². The molecular weight excluding hydrogens is 547 g/mol. The Kier molecular flexibility index (Phi) is 9.29. The van der Waals surface area contributed by atoms with E-state index in [1.807, 2.05) is 11.8 Å². The van der Waals surface area contributed by atoms with E-state index in [0.29, 0.717) is 0 Å². The number of thioether (sulfide) groups is 1. The summed E-state index contributed by atoms with van der Waals surface area (Å²) in [7, 11) is -2.72. The lowest BCUT2D eigenvalue weighted by Crippen LogP contribution is -2.69. The number of benzene rings is 4. The fourth-order valence-corrected chi connectivity index (χ4v) is 11.5. The van der Waals surface area contributed by atoms with Gasteiger partial charge in [-0.1, -0.05) is 156 Å². The molecule has 1 unspecified atom stereocenters. The highest BCUT2D eigenvalue weighted by Gasteiger charge is 2.51. The molecule has 0 aliphatic heterocycles. The van der Waals surface area contributed by atoms with Gasteiger partial charge in [-0.05, 0) is 73.8 Å². The van der Waals surface area contributed by atoms with Crippen molar-refractivity contribution in [2.45, 2.75) is 82.2 Å². The number of hydrogen-bond acceptors (Lipinski definition) is 3. The van der Waals surface area contributed by atoms with E-state index in [1.54, 1.807) is 0 Å². The Labute approximate surface area is 258 Å². The molecular formula is C38H45NOSSi. The lowest BCUT2D eigenvalue weighted by Gasteiger charge is -2.43.